The number of hydrogen-bond acceptors (Lipinski definition) is 8. The normalized spacial score (nSPS) is 15.4. The summed E-state index contributed by atoms with van der Waals surface area (Å²) in [5.41, 5.74) is 3.09. The van der Waals surface area contributed by atoms with Crippen LogP contribution in [0.25, 0.3) is 22.4 Å². The minimum atomic E-state index is -0.706. The summed E-state index contributed by atoms with van der Waals surface area (Å²) in [5, 5.41) is 7.08. The maximum atomic E-state index is 12.8. The van der Waals surface area contributed by atoms with E-state index in [0.29, 0.717) is 45.5 Å². The van der Waals surface area contributed by atoms with E-state index in [2.05, 4.69) is 20.3 Å². The van der Waals surface area contributed by atoms with E-state index in [4.69, 9.17) is 32.9 Å². The molecule has 2 aromatic carbocycles. The second kappa shape index (κ2) is 11.6. The smallest absolute Gasteiger partial charge is 0.298 e. The molecule has 2 aliphatic heterocycles. The Morgan fingerprint density at radius 2 is 1.66 bits per heavy atom. The van der Waals surface area contributed by atoms with Gasteiger partial charge in [0.15, 0.2) is 5.69 Å². The Bertz CT molecular complexity index is 1850. The maximum absolute atomic E-state index is 12.8. The Kier molecular flexibility index (Phi) is 7.87. The lowest BCUT2D eigenvalue weighted by atomic mass is 9.72. The number of halogens is 2. The van der Waals surface area contributed by atoms with E-state index in [0.717, 1.165) is 42.8 Å². The first-order valence-electron chi connectivity index (χ1n) is 13.9. The van der Waals surface area contributed by atoms with E-state index in [1.54, 1.807) is 32.2 Å². The van der Waals surface area contributed by atoms with Crippen molar-refractivity contribution < 1.29 is 14.3 Å². The van der Waals surface area contributed by atoms with Gasteiger partial charge in [-0.3, -0.25) is 19.3 Å². The van der Waals surface area contributed by atoms with Gasteiger partial charge in [-0.25, -0.2) is 14.6 Å². The van der Waals surface area contributed by atoms with E-state index >= 15 is 0 Å². The Hall–Kier alpha value is -4.32. The first-order valence-corrected chi connectivity index (χ1v) is 14.6. The highest BCUT2D eigenvalue weighted by atomic mass is 35.5. The molecule has 44 heavy (non-hydrogen) atoms. The highest BCUT2D eigenvalue weighted by molar-refractivity contribution is 6.39. The zero-order valence-corrected chi connectivity index (χ0v) is 25.8. The van der Waals surface area contributed by atoms with Crippen molar-refractivity contribution in [3.05, 3.63) is 86.5 Å². The number of carbonyl (C=O) groups is 2. The number of nitrogens with zero attached hydrogens (tertiary/aromatic N) is 6. The Morgan fingerprint density at radius 3 is 2.36 bits per heavy atom. The summed E-state index contributed by atoms with van der Waals surface area (Å²) >= 11 is 13.7. The molecule has 11 nitrogen and oxygen atoms in total. The molecule has 0 radical (unpaired) electrons. The van der Waals surface area contributed by atoms with Gasteiger partial charge in [0.05, 0.1) is 28.5 Å². The van der Waals surface area contributed by atoms with Crippen LogP contribution in [0.2, 0.25) is 10.0 Å². The second-order valence-corrected chi connectivity index (χ2v) is 12.0. The van der Waals surface area contributed by atoms with Crippen molar-refractivity contribution in [2.75, 3.05) is 38.6 Å². The second-order valence-electron chi connectivity index (χ2n) is 11.2. The van der Waals surface area contributed by atoms with Crippen LogP contribution in [0.1, 0.15) is 23.0 Å². The van der Waals surface area contributed by atoms with Crippen molar-refractivity contribution in [1.29, 1.82) is 0 Å². The summed E-state index contributed by atoms with van der Waals surface area (Å²) in [6.45, 7) is 5.83. The van der Waals surface area contributed by atoms with Gasteiger partial charge in [0.2, 0.25) is 11.8 Å². The molecule has 0 bridgehead atoms. The van der Waals surface area contributed by atoms with Crippen molar-refractivity contribution >= 4 is 40.7 Å². The van der Waals surface area contributed by atoms with Gasteiger partial charge >= 0.3 is 0 Å². The van der Waals surface area contributed by atoms with E-state index in [1.165, 1.54) is 7.05 Å². The monoisotopic (exact) mass is 633 g/mol. The lowest BCUT2D eigenvalue weighted by Gasteiger charge is -2.60. The summed E-state index contributed by atoms with van der Waals surface area (Å²) in [7, 11) is 3.03. The average Bonchev–Trinajstić information content (AvgIpc) is 2.96. The van der Waals surface area contributed by atoms with Crippen molar-refractivity contribution in [2.45, 2.75) is 13.5 Å². The van der Waals surface area contributed by atoms with Gasteiger partial charge in [0.1, 0.15) is 6.33 Å². The lowest BCUT2D eigenvalue weighted by molar-refractivity contribution is -0.157. The summed E-state index contributed by atoms with van der Waals surface area (Å²) in [4.78, 5) is 49.5. The topological polar surface area (TPSA) is 123 Å². The molecule has 2 saturated heterocycles. The molecular formula is C31H29Cl2N7O4. The standard InChI is InChI=1S/C31H29Cl2N7O4/c1-18(41)40-15-31(16-40)13-39(14-31)12-19-10-11-23(37-29(19)44-3)22-8-4-6-20(25(22)32)21-7-5-9-24(26(21)33)36-28(42)27-30(43)38(2)35-17-34-27/h4-11,17H,12-16H2,1-3H3,(H,36,42). The number of aryl methyl sites for hydroxylation is 1. The molecule has 0 unspecified atom stereocenters. The van der Waals surface area contributed by atoms with Crippen LogP contribution in [0.3, 0.4) is 0 Å². The zero-order valence-electron chi connectivity index (χ0n) is 24.3. The molecular weight excluding hydrogens is 605 g/mol. The lowest BCUT2D eigenvalue weighted by Crippen LogP contribution is -2.72. The van der Waals surface area contributed by atoms with Gasteiger partial charge in [-0.1, -0.05) is 59.6 Å². The van der Waals surface area contributed by atoms with Crippen molar-refractivity contribution in [1.82, 2.24) is 29.5 Å². The summed E-state index contributed by atoms with van der Waals surface area (Å²) in [6, 6.07) is 14.6. The van der Waals surface area contributed by atoms with Crippen molar-refractivity contribution in [2.24, 2.45) is 12.5 Å². The SMILES string of the molecule is COc1nc(-c2cccc(-c3cccc(NC(=O)c4ncnn(C)c4=O)c3Cl)c2Cl)ccc1CN1CC2(C1)CN(C(C)=O)C2. The fourth-order valence-corrected chi connectivity index (χ4v) is 6.49. The van der Waals surface area contributed by atoms with Gasteiger partial charge < -0.3 is 15.0 Å². The molecule has 4 aromatic rings. The average molecular weight is 635 g/mol. The summed E-state index contributed by atoms with van der Waals surface area (Å²) in [6.07, 6.45) is 1.13. The van der Waals surface area contributed by atoms with Crippen LogP contribution in [0.15, 0.2) is 59.7 Å². The fraction of sp³-hybridized carbons (Fsp3) is 0.290. The van der Waals surface area contributed by atoms with Gasteiger partial charge in [-0.15, -0.1) is 0 Å². The number of carbonyl (C=O) groups excluding carboxylic acids is 2. The van der Waals surface area contributed by atoms with E-state index < -0.39 is 11.5 Å². The third-order valence-corrected chi connectivity index (χ3v) is 8.89. The van der Waals surface area contributed by atoms with Gasteiger partial charge in [-0.05, 0) is 12.1 Å². The molecule has 0 atom stereocenters. The number of benzene rings is 2. The molecule has 1 N–H and O–H groups in total. The third-order valence-electron chi connectivity index (χ3n) is 8.08. The van der Waals surface area contributed by atoms with E-state index in [-0.39, 0.29) is 22.0 Å². The highest BCUT2D eigenvalue weighted by Gasteiger charge is 2.52. The number of aromatic nitrogens is 4. The Balaban J connectivity index is 1.22. The number of nitrogens with one attached hydrogen (secondary N) is 1. The quantitative estimate of drug-likeness (QED) is 0.322. The van der Waals surface area contributed by atoms with Crippen molar-refractivity contribution in [3.63, 3.8) is 0 Å². The van der Waals surface area contributed by atoms with Gasteiger partial charge in [0, 0.05) is 74.4 Å². The predicted molar refractivity (Wildman–Crippen MR) is 167 cm³/mol. The number of likely N-dealkylation sites (tertiary alicyclic amines) is 2. The van der Waals surface area contributed by atoms with Gasteiger partial charge in [-0.2, -0.15) is 5.10 Å². The first-order chi connectivity index (χ1) is 21.1. The van der Waals surface area contributed by atoms with Crippen LogP contribution in [0, 0.1) is 5.41 Å². The minimum Gasteiger partial charge on any atom is -0.481 e. The highest BCUT2D eigenvalue weighted by Crippen LogP contribution is 2.43. The van der Waals surface area contributed by atoms with Crippen LogP contribution in [0.4, 0.5) is 5.69 Å². The van der Waals surface area contributed by atoms with Crippen LogP contribution in [-0.2, 0) is 18.4 Å². The number of ether oxygens (including phenoxy) is 1. The summed E-state index contributed by atoms with van der Waals surface area (Å²) < 4.78 is 6.70. The largest absolute Gasteiger partial charge is 0.481 e. The molecule has 2 aromatic heterocycles. The number of pyridine rings is 1. The number of rotatable bonds is 7. The number of hydrogen-bond donors (Lipinski definition) is 1. The number of methoxy groups -OCH3 is 1. The van der Waals surface area contributed by atoms with E-state index in [9.17, 15) is 14.4 Å². The molecule has 2 aliphatic rings. The molecule has 2 amide bonds. The molecule has 1 spiro atoms. The number of anilines is 1. The maximum Gasteiger partial charge on any atom is 0.298 e. The molecule has 0 saturated carbocycles. The minimum absolute atomic E-state index is 0.131. The predicted octanol–water partition coefficient (Wildman–Crippen LogP) is 4.14. The van der Waals surface area contributed by atoms with E-state index in [1.807, 2.05) is 35.2 Å². The molecule has 2 fully saturated rings. The van der Waals surface area contributed by atoms with Crippen LogP contribution in [-0.4, -0.2) is 74.7 Å². The molecule has 6 rings (SSSR count). The molecule has 13 heteroatoms. The zero-order chi connectivity index (χ0) is 31.2. The Morgan fingerprint density at radius 1 is 0.977 bits per heavy atom. The summed E-state index contributed by atoms with van der Waals surface area (Å²) in [5.74, 6) is -0.0586. The Labute approximate surface area is 263 Å². The third kappa shape index (κ3) is 5.42. The molecule has 226 valence electrons. The van der Waals surface area contributed by atoms with Crippen LogP contribution in [0.5, 0.6) is 5.88 Å². The van der Waals surface area contributed by atoms with Crippen LogP contribution >= 0.6 is 23.2 Å². The first kappa shape index (κ1) is 29.7. The van der Waals surface area contributed by atoms with Gasteiger partial charge in [0.25, 0.3) is 11.5 Å². The van der Waals surface area contributed by atoms with Crippen molar-refractivity contribution in [3.8, 4) is 28.3 Å². The number of amides is 2. The fourth-order valence-electron chi connectivity index (χ4n) is 5.89. The molecule has 0 aliphatic carbocycles. The molecule has 4 heterocycles. The van der Waals surface area contributed by atoms with Crippen LogP contribution < -0.4 is 15.6 Å².